The number of hydrogen-bond acceptors (Lipinski definition) is 2. The standard InChI is InChI=1S/C15H17NO2S/c1-2-7-13-8-6-9-14(12-13)16-19(17,18)15-10-4-3-5-11-15/h3-6,8-12,16H,2,7H2,1H3. The second-order valence-electron chi connectivity index (χ2n) is 4.37. The molecule has 0 aliphatic heterocycles. The van der Waals surface area contributed by atoms with Gasteiger partial charge in [-0.2, -0.15) is 0 Å². The average molecular weight is 275 g/mol. The molecule has 0 heterocycles. The van der Waals surface area contributed by atoms with Crippen LogP contribution in [0.5, 0.6) is 0 Å². The zero-order valence-corrected chi connectivity index (χ0v) is 11.7. The molecule has 0 aromatic heterocycles. The number of nitrogens with one attached hydrogen (secondary N) is 1. The topological polar surface area (TPSA) is 46.2 Å². The van der Waals surface area contributed by atoms with Gasteiger partial charge in [0.25, 0.3) is 10.0 Å². The Balaban J connectivity index is 2.23. The highest BCUT2D eigenvalue weighted by molar-refractivity contribution is 7.92. The first-order valence-corrected chi connectivity index (χ1v) is 7.77. The molecule has 19 heavy (non-hydrogen) atoms. The van der Waals surface area contributed by atoms with E-state index in [4.69, 9.17) is 0 Å². The maximum absolute atomic E-state index is 12.2. The molecule has 2 aromatic rings. The summed E-state index contributed by atoms with van der Waals surface area (Å²) in [6.45, 7) is 2.10. The van der Waals surface area contributed by atoms with Crippen molar-refractivity contribution in [2.24, 2.45) is 0 Å². The van der Waals surface area contributed by atoms with E-state index < -0.39 is 10.0 Å². The molecule has 1 N–H and O–H groups in total. The second kappa shape index (κ2) is 5.89. The maximum Gasteiger partial charge on any atom is 0.261 e. The lowest BCUT2D eigenvalue weighted by atomic mass is 10.1. The van der Waals surface area contributed by atoms with E-state index in [1.807, 2.05) is 18.2 Å². The Kier molecular flexibility index (Phi) is 4.22. The maximum atomic E-state index is 12.2. The van der Waals surface area contributed by atoms with E-state index >= 15 is 0 Å². The van der Waals surface area contributed by atoms with Crippen molar-refractivity contribution < 1.29 is 8.42 Å². The Morgan fingerprint density at radius 1 is 1.00 bits per heavy atom. The number of hydrogen-bond donors (Lipinski definition) is 1. The molecular formula is C15H17NO2S. The first-order chi connectivity index (χ1) is 9.12. The van der Waals surface area contributed by atoms with E-state index in [0.717, 1.165) is 18.4 Å². The molecule has 0 spiro atoms. The smallest absolute Gasteiger partial charge is 0.261 e. The van der Waals surface area contributed by atoms with Gasteiger partial charge in [0.1, 0.15) is 0 Å². The summed E-state index contributed by atoms with van der Waals surface area (Å²) in [6, 6.07) is 15.9. The molecular weight excluding hydrogens is 258 g/mol. The Morgan fingerprint density at radius 3 is 2.42 bits per heavy atom. The largest absolute Gasteiger partial charge is 0.280 e. The van der Waals surface area contributed by atoms with Gasteiger partial charge >= 0.3 is 0 Å². The number of benzene rings is 2. The number of aryl methyl sites for hydroxylation is 1. The van der Waals surface area contributed by atoms with Crippen molar-refractivity contribution in [1.82, 2.24) is 0 Å². The van der Waals surface area contributed by atoms with Crippen LogP contribution in [-0.4, -0.2) is 8.42 Å². The number of rotatable bonds is 5. The molecule has 0 saturated heterocycles. The number of anilines is 1. The molecule has 0 atom stereocenters. The minimum Gasteiger partial charge on any atom is -0.280 e. The summed E-state index contributed by atoms with van der Waals surface area (Å²) in [5.41, 5.74) is 1.74. The van der Waals surface area contributed by atoms with Crippen LogP contribution in [0.25, 0.3) is 0 Å². The quantitative estimate of drug-likeness (QED) is 0.908. The van der Waals surface area contributed by atoms with Gasteiger partial charge in [-0.05, 0) is 36.2 Å². The third kappa shape index (κ3) is 3.58. The third-order valence-corrected chi connectivity index (χ3v) is 4.17. The lowest BCUT2D eigenvalue weighted by Crippen LogP contribution is -2.12. The normalized spacial score (nSPS) is 11.2. The summed E-state index contributed by atoms with van der Waals surface area (Å²) in [7, 11) is -3.50. The van der Waals surface area contributed by atoms with Gasteiger partial charge in [-0.25, -0.2) is 8.42 Å². The van der Waals surface area contributed by atoms with Gasteiger partial charge in [0, 0.05) is 5.69 Å². The highest BCUT2D eigenvalue weighted by Crippen LogP contribution is 2.17. The van der Waals surface area contributed by atoms with Crippen molar-refractivity contribution >= 4 is 15.7 Å². The molecule has 2 aromatic carbocycles. The zero-order chi connectivity index (χ0) is 13.7. The lowest BCUT2D eigenvalue weighted by molar-refractivity contribution is 0.601. The van der Waals surface area contributed by atoms with E-state index in [0.29, 0.717) is 5.69 Å². The SMILES string of the molecule is CCCc1cccc(NS(=O)(=O)c2ccccc2)c1. The Hall–Kier alpha value is -1.81. The first-order valence-electron chi connectivity index (χ1n) is 6.28. The minimum atomic E-state index is -3.50. The predicted molar refractivity (Wildman–Crippen MR) is 77.7 cm³/mol. The van der Waals surface area contributed by atoms with E-state index in [1.165, 1.54) is 0 Å². The fourth-order valence-electron chi connectivity index (χ4n) is 1.89. The molecule has 100 valence electrons. The molecule has 0 saturated carbocycles. The minimum absolute atomic E-state index is 0.274. The van der Waals surface area contributed by atoms with Crippen LogP contribution in [0.1, 0.15) is 18.9 Å². The summed E-state index contributed by atoms with van der Waals surface area (Å²) < 4.78 is 26.9. The van der Waals surface area contributed by atoms with E-state index in [-0.39, 0.29) is 4.90 Å². The predicted octanol–water partition coefficient (Wildman–Crippen LogP) is 3.44. The zero-order valence-electron chi connectivity index (χ0n) is 10.8. The molecule has 0 unspecified atom stereocenters. The van der Waals surface area contributed by atoms with Crippen LogP contribution in [0.2, 0.25) is 0 Å². The van der Waals surface area contributed by atoms with Crippen molar-refractivity contribution in [3.63, 3.8) is 0 Å². The van der Waals surface area contributed by atoms with Crippen LogP contribution in [-0.2, 0) is 16.4 Å². The summed E-state index contributed by atoms with van der Waals surface area (Å²) in [4.78, 5) is 0.274. The fraction of sp³-hybridized carbons (Fsp3) is 0.200. The van der Waals surface area contributed by atoms with Gasteiger partial charge in [-0.15, -0.1) is 0 Å². The molecule has 0 bridgehead atoms. The van der Waals surface area contributed by atoms with Gasteiger partial charge in [0.2, 0.25) is 0 Å². The summed E-state index contributed by atoms with van der Waals surface area (Å²) in [5.74, 6) is 0. The van der Waals surface area contributed by atoms with Gasteiger partial charge in [0.15, 0.2) is 0 Å². The average Bonchev–Trinajstić information content (AvgIpc) is 2.40. The summed E-state index contributed by atoms with van der Waals surface area (Å²) >= 11 is 0. The van der Waals surface area contributed by atoms with Crippen LogP contribution in [0.4, 0.5) is 5.69 Å². The first kappa shape index (κ1) is 13.6. The van der Waals surface area contributed by atoms with Gasteiger partial charge < -0.3 is 0 Å². The van der Waals surface area contributed by atoms with Crippen LogP contribution >= 0.6 is 0 Å². The van der Waals surface area contributed by atoms with Gasteiger partial charge in [-0.1, -0.05) is 43.7 Å². The van der Waals surface area contributed by atoms with E-state index in [1.54, 1.807) is 36.4 Å². The summed E-state index contributed by atoms with van der Waals surface area (Å²) in [5, 5.41) is 0. The van der Waals surface area contributed by atoms with Gasteiger partial charge in [-0.3, -0.25) is 4.72 Å². The molecule has 0 fully saturated rings. The van der Waals surface area contributed by atoms with Crippen molar-refractivity contribution in [2.45, 2.75) is 24.7 Å². The van der Waals surface area contributed by atoms with Crippen LogP contribution < -0.4 is 4.72 Å². The highest BCUT2D eigenvalue weighted by Gasteiger charge is 2.13. The molecule has 0 radical (unpaired) electrons. The van der Waals surface area contributed by atoms with Crippen molar-refractivity contribution in [2.75, 3.05) is 4.72 Å². The molecule has 3 nitrogen and oxygen atoms in total. The molecule has 0 aliphatic rings. The number of sulfonamides is 1. The second-order valence-corrected chi connectivity index (χ2v) is 6.05. The van der Waals surface area contributed by atoms with E-state index in [2.05, 4.69) is 11.6 Å². The lowest BCUT2D eigenvalue weighted by Gasteiger charge is -2.09. The van der Waals surface area contributed by atoms with Crippen LogP contribution in [0.3, 0.4) is 0 Å². The van der Waals surface area contributed by atoms with Gasteiger partial charge in [0.05, 0.1) is 4.90 Å². The Morgan fingerprint density at radius 2 is 1.74 bits per heavy atom. The van der Waals surface area contributed by atoms with Crippen molar-refractivity contribution in [1.29, 1.82) is 0 Å². The molecule has 0 amide bonds. The van der Waals surface area contributed by atoms with Crippen LogP contribution in [0.15, 0.2) is 59.5 Å². The van der Waals surface area contributed by atoms with Crippen molar-refractivity contribution in [3.8, 4) is 0 Å². The fourth-order valence-corrected chi connectivity index (χ4v) is 2.96. The molecule has 4 heteroatoms. The highest BCUT2D eigenvalue weighted by atomic mass is 32.2. The Labute approximate surface area is 114 Å². The third-order valence-electron chi connectivity index (χ3n) is 2.77. The molecule has 0 aliphatic carbocycles. The Bertz CT molecular complexity index is 636. The van der Waals surface area contributed by atoms with Crippen molar-refractivity contribution in [3.05, 3.63) is 60.2 Å². The summed E-state index contributed by atoms with van der Waals surface area (Å²) in [6.07, 6.45) is 1.98. The monoisotopic (exact) mass is 275 g/mol. The van der Waals surface area contributed by atoms with Crippen LogP contribution in [0, 0.1) is 0 Å². The molecule has 2 rings (SSSR count). The van der Waals surface area contributed by atoms with E-state index in [9.17, 15) is 8.42 Å².